The fourth-order valence-electron chi connectivity index (χ4n) is 0.684. The number of nitrogens with two attached hydrogens (primary N) is 1. The molecule has 0 unspecified atom stereocenters. The van der Waals surface area contributed by atoms with Crippen LogP contribution in [0.1, 0.15) is 27.2 Å². The van der Waals surface area contributed by atoms with Crippen LogP contribution in [-0.4, -0.2) is 23.1 Å². The molecule has 13 heavy (non-hydrogen) atoms. The molecule has 0 aliphatic carbocycles. The van der Waals surface area contributed by atoms with Gasteiger partial charge < -0.3 is 16.4 Å². The topological polar surface area (TPSA) is 67.2 Å². The van der Waals surface area contributed by atoms with E-state index in [4.69, 9.17) is 18.0 Å². The largest absolute Gasteiger partial charge is 0.370 e. The Labute approximate surface area is 84.3 Å². The molecule has 5 heteroatoms. The Bertz CT molecular complexity index is 198. The molecule has 0 bridgehead atoms. The van der Waals surface area contributed by atoms with Crippen molar-refractivity contribution in [2.45, 2.75) is 32.7 Å². The molecule has 0 aromatic rings. The summed E-state index contributed by atoms with van der Waals surface area (Å²) < 4.78 is 0. The van der Waals surface area contributed by atoms with Crippen molar-refractivity contribution in [2.24, 2.45) is 5.73 Å². The van der Waals surface area contributed by atoms with Gasteiger partial charge in [-0.1, -0.05) is 0 Å². The van der Waals surface area contributed by atoms with Crippen LogP contribution < -0.4 is 16.4 Å². The predicted octanol–water partition coefficient (Wildman–Crippen LogP) is 0.124. The van der Waals surface area contributed by atoms with E-state index >= 15 is 0 Å². The van der Waals surface area contributed by atoms with Gasteiger partial charge in [0.05, 0.1) is 0 Å². The van der Waals surface area contributed by atoms with E-state index in [-0.39, 0.29) is 11.4 Å². The van der Waals surface area contributed by atoms with Crippen molar-refractivity contribution >= 4 is 23.2 Å². The normalized spacial score (nSPS) is 10.7. The first kappa shape index (κ1) is 12.2. The Morgan fingerprint density at radius 1 is 1.46 bits per heavy atom. The smallest absolute Gasteiger partial charge is 0.219 e. The standard InChI is InChI=1S/C8H17N3OS/c1-8(2,3)11-7(13)10-5-4-6(9)12/h4-5H2,1-3H3,(H2,9,12)(H2,10,11,13). The number of nitrogens with one attached hydrogen (secondary N) is 2. The first-order chi connectivity index (χ1) is 5.81. The summed E-state index contributed by atoms with van der Waals surface area (Å²) in [6, 6.07) is 0. The lowest BCUT2D eigenvalue weighted by molar-refractivity contribution is -0.117. The summed E-state index contributed by atoms with van der Waals surface area (Å²) in [5.41, 5.74) is 4.90. The van der Waals surface area contributed by atoms with Crippen molar-refractivity contribution in [1.82, 2.24) is 10.6 Å². The molecule has 0 radical (unpaired) electrons. The molecule has 0 aromatic carbocycles. The van der Waals surface area contributed by atoms with Crippen molar-refractivity contribution < 1.29 is 4.79 Å². The van der Waals surface area contributed by atoms with Gasteiger partial charge in [0.15, 0.2) is 5.11 Å². The second-order valence-electron chi connectivity index (χ2n) is 3.85. The van der Waals surface area contributed by atoms with Crippen LogP contribution in [0.4, 0.5) is 0 Å². The molecule has 0 aliphatic heterocycles. The Kier molecular flexibility index (Phi) is 4.69. The zero-order valence-corrected chi connectivity index (χ0v) is 9.12. The fraction of sp³-hybridized carbons (Fsp3) is 0.750. The van der Waals surface area contributed by atoms with Gasteiger partial charge in [-0.25, -0.2) is 0 Å². The molecule has 1 amide bonds. The van der Waals surface area contributed by atoms with Gasteiger partial charge in [0.1, 0.15) is 0 Å². The van der Waals surface area contributed by atoms with Crippen molar-refractivity contribution in [3.05, 3.63) is 0 Å². The van der Waals surface area contributed by atoms with Gasteiger partial charge >= 0.3 is 0 Å². The number of thiocarbonyl (C=S) groups is 1. The molecule has 0 heterocycles. The average Bonchev–Trinajstić information content (AvgIpc) is 1.81. The lowest BCUT2D eigenvalue weighted by Crippen LogP contribution is -2.46. The molecule has 0 rings (SSSR count). The molecule has 0 spiro atoms. The summed E-state index contributed by atoms with van der Waals surface area (Å²) in [4.78, 5) is 10.4. The predicted molar refractivity (Wildman–Crippen MR) is 57.3 cm³/mol. The Morgan fingerprint density at radius 3 is 2.38 bits per heavy atom. The van der Waals surface area contributed by atoms with Crippen LogP contribution in [-0.2, 0) is 4.79 Å². The summed E-state index contributed by atoms with van der Waals surface area (Å²) in [6.45, 7) is 6.51. The van der Waals surface area contributed by atoms with Gasteiger partial charge in [-0.2, -0.15) is 0 Å². The number of carbonyl (C=O) groups is 1. The van der Waals surface area contributed by atoms with Crippen molar-refractivity contribution in [3.63, 3.8) is 0 Å². The minimum Gasteiger partial charge on any atom is -0.370 e. The highest BCUT2D eigenvalue weighted by Crippen LogP contribution is 1.97. The van der Waals surface area contributed by atoms with Crippen LogP contribution in [0.5, 0.6) is 0 Å². The van der Waals surface area contributed by atoms with Gasteiger partial charge in [-0.15, -0.1) is 0 Å². The molecular formula is C8H17N3OS. The summed E-state index contributed by atoms with van der Waals surface area (Å²) >= 11 is 4.98. The summed E-state index contributed by atoms with van der Waals surface area (Å²) in [7, 11) is 0. The molecular weight excluding hydrogens is 186 g/mol. The Morgan fingerprint density at radius 2 is 2.00 bits per heavy atom. The molecule has 0 fully saturated rings. The van der Waals surface area contributed by atoms with E-state index in [0.717, 1.165) is 0 Å². The Balaban J connectivity index is 3.59. The number of amides is 1. The number of primary amides is 1. The van der Waals surface area contributed by atoms with E-state index in [1.807, 2.05) is 20.8 Å². The zero-order valence-electron chi connectivity index (χ0n) is 8.31. The van der Waals surface area contributed by atoms with Crippen LogP contribution in [0.15, 0.2) is 0 Å². The first-order valence-electron chi connectivity index (χ1n) is 4.15. The van der Waals surface area contributed by atoms with Gasteiger partial charge in [-0.3, -0.25) is 4.79 Å². The maximum atomic E-state index is 10.4. The van der Waals surface area contributed by atoms with E-state index in [2.05, 4.69) is 10.6 Å². The second kappa shape index (κ2) is 5.01. The van der Waals surface area contributed by atoms with Crippen molar-refractivity contribution in [3.8, 4) is 0 Å². The molecule has 4 N–H and O–H groups in total. The summed E-state index contributed by atoms with van der Waals surface area (Å²) in [5, 5.41) is 6.50. The minimum absolute atomic E-state index is 0.0587. The number of carbonyl (C=O) groups excluding carboxylic acids is 1. The molecule has 0 aromatic heterocycles. The molecule has 0 atom stereocenters. The van der Waals surface area contributed by atoms with E-state index in [9.17, 15) is 4.79 Å². The number of hydrogen-bond acceptors (Lipinski definition) is 2. The monoisotopic (exact) mass is 203 g/mol. The number of hydrogen-bond donors (Lipinski definition) is 3. The van der Waals surface area contributed by atoms with Gasteiger partial charge in [0.2, 0.25) is 5.91 Å². The third kappa shape index (κ3) is 9.07. The SMILES string of the molecule is CC(C)(C)NC(=S)NCCC(N)=O. The van der Waals surface area contributed by atoms with E-state index in [1.54, 1.807) is 0 Å². The fourth-order valence-corrected chi connectivity index (χ4v) is 1.09. The Hall–Kier alpha value is -0.840. The first-order valence-corrected chi connectivity index (χ1v) is 4.56. The van der Waals surface area contributed by atoms with E-state index in [0.29, 0.717) is 18.1 Å². The average molecular weight is 203 g/mol. The van der Waals surface area contributed by atoms with Crippen molar-refractivity contribution in [2.75, 3.05) is 6.54 Å². The van der Waals surface area contributed by atoms with Crippen LogP contribution in [0.2, 0.25) is 0 Å². The highest BCUT2D eigenvalue weighted by atomic mass is 32.1. The van der Waals surface area contributed by atoms with Gasteiger partial charge in [0.25, 0.3) is 0 Å². The lowest BCUT2D eigenvalue weighted by Gasteiger charge is -2.22. The van der Waals surface area contributed by atoms with Crippen LogP contribution >= 0.6 is 12.2 Å². The summed E-state index contributed by atoms with van der Waals surface area (Å²) in [6.07, 6.45) is 0.298. The molecule has 0 saturated carbocycles. The maximum Gasteiger partial charge on any atom is 0.219 e. The van der Waals surface area contributed by atoms with E-state index in [1.165, 1.54) is 0 Å². The zero-order chi connectivity index (χ0) is 10.5. The lowest BCUT2D eigenvalue weighted by atomic mass is 10.1. The molecule has 76 valence electrons. The molecule has 4 nitrogen and oxygen atoms in total. The quantitative estimate of drug-likeness (QED) is 0.570. The second-order valence-corrected chi connectivity index (χ2v) is 4.26. The highest BCUT2D eigenvalue weighted by molar-refractivity contribution is 7.80. The maximum absolute atomic E-state index is 10.4. The molecule has 0 aliphatic rings. The third-order valence-electron chi connectivity index (χ3n) is 1.15. The third-order valence-corrected chi connectivity index (χ3v) is 1.39. The van der Waals surface area contributed by atoms with Crippen LogP contribution in [0.25, 0.3) is 0 Å². The minimum atomic E-state index is -0.328. The number of rotatable bonds is 3. The summed E-state index contributed by atoms with van der Waals surface area (Å²) in [5.74, 6) is -0.328. The molecule has 0 saturated heterocycles. The van der Waals surface area contributed by atoms with Gasteiger partial charge in [-0.05, 0) is 33.0 Å². The van der Waals surface area contributed by atoms with Crippen molar-refractivity contribution in [1.29, 1.82) is 0 Å². The van der Waals surface area contributed by atoms with E-state index < -0.39 is 0 Å². The van der Waals surface area contributed by atoms with Crippen LogP contribution in [0.3, 0.4) is 0 Å². The van der Waals surface area contributed by atoms with Crippen LogP contribution in [0, 0.1) is 0 Å². The van der Waals surface area contributed by atoms with Gasteiger partial charge in [0, 0.05) is 18.5 Å². The highest BCUT2D eigenvalue weighted by Gasteiger charge is 2.10.